The van der Waals surface area contributed by atoms with Crippen molar-refractivity contribution in [3.63, 3.8) is 0 Å². The van der Waals surface area contributed by atoms with Crippen LogP contribution in [0.15, 0.2) is 5.38 Å². The molecule has 3 nitrogen and oxygen atoms in total. The molecule has 1 aliphatic rings. The number of hydrogen-bond acceptors (Lipinski definition) is 4. The standard InChI is InChI=1S/C15H27N3S/c1-5-18-8-6-7-11(9-16)13(18)12-10-19-14(17-12)15(2,3)4/h10-11,13H,5-9,16H2,1-4H3. The fourth-order valence-electron chi connectivity index (χ4n) is 2.95. The number of aromatic nitrogens is 1. The van der Waals surface area contributed by atoms with Crippen LogP contribution < -0.4 is 5.73 Å². The zero-order valence-electron chi connectivity index (χ0n) is 12.6. The van der Waals surface area contributed by atoms with Crippen molar-refractivity contribution in [2.75, 3.05) is 19.6 Å². The van der Waals surface area contributed by atoms with Gasteiger partial charge in [-0.05, 0) is 38.4 Å². The van der Waals surface area contributed by atoms with E-state index in [2.05, 4.69) is 38.0 Å². The third kappa shape index (κ3) is 3.18. The zero-order chi connectivity index (χ0) is 14.0. The molecule has 19 heavy (non-hydrogen) atoms. The number of nitrogens with two attached hydrogens (primary N) is 1. The molecular formula is C15H27N3S. The molecule has 1 aromatic rings. The SMILES string of the molecule is CCN1CCCC(CN)C1c1csc(C(C)(C)C)n1. The van der Waals surface area contributed by atoms with Gasteiger partial charge < -0.3 is 5.73 Å². The molecule has 0 aromatic carbocycles. The highest BCUT2D eigenvalue weighted by Crippen LogP contribution is 2.37. The lowest BCUT2D eigenvalue weighted by molar-refractivity contribution is 0.0991. The van der Waals surface area contributed by atoms with Crippen molar-refractivity contribution in [2.24, 2.45) is 11.7 Å². The van der Waals surface area contributed by atoms with Crippen LogP contribution in [0, 0.1) is 5.92 Å². The van der Waals surface area contributed by atoms with Gasteiger partial charge in [0.05, 0.1) is 16.7 Å². The minimum Gasteiger partial charge on any atom is -0.330 e. The van der Waals surface area contributed by atoms with E-state index in [1.54, 1.807) is 11.3 Å². The summed E-state index contributed by atoms with van der Waals surface area (Å²) in [6.07, 6.45) is 2.50. The van der Waals surface area contributed by atoms with Crippen molar-refractivity contribution in [2.45, 2.75) is 52.0 Å². The Hall–Kier alpha value is -0.450. The van der Waals surface area contributed by atoms with Crippen LogP contribution in [-0.4, -0.2) is 29.5 Å². The average Bonchev–Trinajstić information content (AvgIpc) is 2.86. The van der Waals surface area contributed by atoms with Gasteiger partial charge >= 0.3 is 0 Å². The van der Waals surface area contributed by atoms with E-state index in [1.165, 1.54) is 30.1 Å². The van der Waals surface area contributed by atoms with Crippen LogP contribution in [0.2, 0.25) is 0 Å². The predicted molar refractivity (Wildman–Crippen MR) is 82.6 cm³/mol. The number of rotatable bonds is 3. The highest BCUT2D eigenvalue weighted by atomic mass is 32.1. The summed E-state index contributed by atoms with van der Waals surface area (Å²) in [6.45, 7) is 12.0. The molecule has 2 unspecified atom stereocenters. The molecule has 108 valence electrons. The Morgan fingerprint density at radius 2 is 2.21 bits per heavy atom. The second-order valence-corrected chi connectivity index (χ2v) is 7.40. The third-order valence-corrected chi connectivity index (χ3v) is 5.32. The normalized spacial score (nSPS) is 25.7. The summed E-state index contributed by atoms with van der Waals surface area (Å²) in [5.74, 6) is 0.559. The van der Waals surface area contributed by atoms with Crippen LogP contribution >= 0.6 is 11.3 Å². The molecule has 0 radical (unpaired) electrons. The molecular weight excluding hydrogens is 254 g/mol. The Bertz CT molecular complexity index is 396. The Kier molecular flexibility index (Phi) is 4.64. The number of likely N-dealkylation sites (tertiary alicyclic amines) is 1. The lowest BCUT2D eigenvalue weighted by Gasteiger charge is -2.39. The Morgan fingerprint density at radius 1 is 1.47 bits per heavy atom. The second kappa shape index (κ2) is 5.90. The minimum atomic E-state index is 0.146. The fourth-order valence-corrected chi connectivity index (χ4v) is 3.88. The van der Waals surface area contributed by atoms with Gasteiger partial charge in [0, 0.05) is 10.8 Å². The number of piperidine rings is 1. The summed E-state index contributed by atoms with van der Waals surface area (Å²) in [5, 5.41) is 3.49. The van der Waals surface area contributed by atoms with Gasteiger partial charge in [-0.2, -0.15) is 0 Å². The van der Waals surface area contributed by atoms with E-state index in [0.717, 1.165) is 13.1 Å². The van der Waals surface area contributed by atoms with Crippen molar-refractivity contribution >= 4 is 11.3 Å². The van der Waals surface area contributed by atoms with Gasteiger partial charge in [-0.15, -0.1) is 11.3 Å². The van der Waals surface area contributed by atoms with E-state index in [-0.39, 0.29) is 5.41 Å². The summed E-state index contributed by atoms with van der Waals surface area (Å²) in [6, 6.07) is 0.427. The molecule has 2 N–H and O–H groups in total. The monoisotopic (exact) mass is 281 g/mol. The fraction of sp³-hybridized carbons (Fsp3) is 0.800. The van der Waals surface area contributed by atoms with Gasteiger partial charge in [0.1, 0.15) is 0 Å². The molecule has 1 fully saturated rings. The van der Waals surface area contributed by atoms with Gasteiger partial charge in [-0.3, -0.25) is 4.90 Å². The van der Waals surface area contributed by atoms with Crippen molar-refractivity contribution in [3.8, 4) is 0 Å². The summed E-state index contributed by atoms with van der Waals surface area (Å²) in [7, 11) is 0. The topological polar surface area (TPSA) is 42.1 Å². The van der Waals surface area contributed by atoms with Gasteiger partial charge in [-0.1, -0.05) is 27.7 Å². The average molecular weight is 281 g/mol. The number of nitrogens with zero attached hydrogens (tertiary/aromatic N) is 2. The molecule has 4 heteroatoms. The van der Waals surface area contributed by atoms with Crippen LogP contribution in [-0.2, 0) is 5.41 Å². The molecule has 0 amide bonds. The predicted octanol–water partition coefficient (Wildman–Crippen LogP) is 3.17. The first kappa shape index (κ1) is 14.9. The van der Waals surface area contributed by atoms with Crippen LogP contribution in [0.3, 0.4) is 0 Å². The van der Waals surface area contributed by atoms with E-state index in [4.69, 9.17) is 10.7 Å². The summed E-state index contributed by atoms with van der Waals surface area (Å²) in [5.41, 5.74) is 7.38. The van der Waals surface area contributed by atoms with Gasteiger partial charge in [-0.25, -0.2) is 4.98 Å². The maximum absolute atomic E-state index is 5.99. The van der Waals surface area contributed by atoms with Crippen molar-refractivity contribution in [1.29, 1.82) is 0 Å². The van der Waals surface area contributed by atoms with Crippen LogP contribution in [0.1, 0.15) is 57.3 Å². The summed E-state index contributed by atoms with van der Waals surface area (Å²) in [4.78, 5) is 7.47. The van der Waals surface area contributed by atoms with E-state index in [1.807, 2.05) is 0 Å². The number of thiazole rings is 1. The molecule has 2 heterocycles. The largest absolute Gasteiger partial charge is 0.330 e. The van der Waals surface area contributed by atoms with Crippen molar-refractivity contribution in [3.05, 3.63) is 16.1 Å². The molecule has 0 saturated carbocycles. The maximum Gasteiger partial charge on any atom is 0.0982 e. The van der Waals surface area contributed by atoms with E-state index in [9.17, 15) is 0 Å². The Morgan fingerprint density at radius 3 is 2.74 bits per heavy atom. The lowest BCUT2D eigenvalue weighted by Crippen LogP contribution is -2.41. The third-order valence-electron chi connectivity index (χ3n) is 4.04. The molecule has 2 rings (SSSR count). The molecule has 0 bridgehead atoms. The van der Waals surface area contributed by atoms with Gasteiger partial charge in [0.25, 0.3) is 0 Å². The summed E-state index contributed by atoms with van der Waals surface area (Å²) < 4.78 is 0. The minimum absolute atomic E-state index is 0.146. The van der Waals surface area contributed by atoms with Gasteiger partial charge in [0.2, 0.25) is 0 Å². The molecule has 0 spiro atoms. The summed E-state index contributed by atoms with van der Waals surface area (Å²) >= 11 is 1.80. The second-order valence-electron chi connectivity index (χ2n) is 6.54. The highest BCUT2D eigenvalue weighted by molar-refractivity contribution is 7.09. The van der Waals surface area contributed by atoms with E-state index in [0.29, 0.717) is 12.0 Å². The van der Waals surface area contributed by atoms with E-state index >= 15 is 0 Å². The van der Waals surface area contributed by atoms with Crippen LogP contribution in [0.5, 0.6) is 0 Å². The lowest BCUT2D eigenvalue weighted by atomic mass is 9.87. The van der Waals surface area contributed by atoms with E-state index < -0.39 is 0 Å². The Balaban J connectivity index is 2.28. The van der Waals surface area contributed by atoms with Crippen LogP contribution in [0.25, 0.3) is 0 Å². The first-order valence-electron chi connectivity index (χ1n) is 7.37. The first-order chi connectivity index (χ1) is 8.97. The van der Waals surface area contributed by atoms with Crippen molar-refractivity contribution in [1.82, 2.24) is 9.88 Å². The van der Waals surface area contributed by atoms with Crippen LogP contribution in [0.4, 0.5) is 0 Å². The maximum atomic E-state index is 5.99. The molecule has 1 saturated heterocycles. The highest BCUT2D eigenvalue weighted by Gasteiger charge is 2.33. The molecule has 1 aromatic heterocycles. The quantitative estimate of drug-likeness (QED) is 0.925. The molecule has 0 aliphatic carbocycles. The molecule has 2 atom stereocenters. The first-order valence-corrected chi connectivity index (χ1v) is 8.25. The smallest absolute Gasteiger partial charge is 0.0982 e. The van der Waals surface area contributed by atoms with Crippen molar-refractivity contribution < 1.29 is 0 Å². The zero-order valence-corrected chi connectivity index (χ0v) is 13.5. The molecule has 1 aliphatic heterocycles. The van der Waals surface area contributed by atoms with Gasteiger partial charge in [0.15, 0.2) is 0 Å². The Labute approximate surface area is 121 Å². The number of hydrogen-bond donors (Lipinski definition) is 1.